The Labute approximate surface area is 172 Å². The summed E-state index contributed by atoms with van der Waals surface area (Å²) in [6, 6.07) is 15.5. The minimum Gasteiger partial charge on any atom is -0.352 e. The Morgan fingerprint density at radius 1 is 1.24 bits per heavy atom. The molecule has 0 spiro atoms. The zero-order valence-electron chi connectivity index (χ0n) is 16.0. The van der Waals surface area contributed by atoms with Gasteiger partial charge in [0.25, 0.3) is 5.91 Å². The summed E-state index contributed by atoms with van der Waals surface area (Å²) in [7, 11) is 0. The minimum absolute atomic E-state index is 0.0823. The predicted molar refractivity (Wildman–Crippen MR) is 116 cm³/mol. The molecule has 29 heavy (non-hydrogen) atoms. The molecule has 0 atom stereocenters. The molecule has 2 N–H and O–H groups in total. The number of thiazole rings is 1. The molecular formula is C21H21N5O2S. The summed E-state index contributed by atoms with van der Waals surface area (Å²) in [5, 5.41) is 7.92. The largest absolute Gasteiger partial charge is 0.352 e. The van der Waals surface area contributed by atoms with Crippen LogP contribution in [-0.2, 0) is 9.59 Å². The summed E-state index contributed by atoms with van der Waals surface area (Å²) in [6.07, 6.45) is 1.48. The average molecular weight is 407 g/mol. The number of aromatic nitrogens is 1. The van der Waals surface area contributed by atoms with Gasteiger partial charge in [0.2, 0.25) is 5.91 Å². The SMILES string of the molecule is C/C(=N/NC(=O)CNc1nc2ccccc2s1)c1cccc(N2CCCC2=O)c1. The van der Waals surface area contributed by atoms with E-state index >= 15 is 0 Å². The molecule has 1 aromatic heterocycles. The highest BCUT2D eigenvalue weighted by atomic mass is 32.1. The van der Waals surface area contributed by atoms with E-state index in [2.05, 4.69) is 20.8 Å². The normalized spacial score (nSPS) is 14.4. The molecule has 0 bridgehead atoms. The summed E-state index contributed by atoms with van der Waals surface area (Å²) < 4.78 is 1.07. The van der Waals surface area contributed by atoms with Crippen molar-refractivity contribution in [2.45, 2.75) is 19.8 Å². The molecule has 0 radical (unpaired) electrons. The summed E-state index contributed by atoms with van der Waals surface area (Å²) >= 11 is 1.50. The van der Waals surface area contributed by atoms with E-state index in [4.69, 9.17) is 0 Å². The number of nitrogens with zero attached hydrogens (tertiary/aromatic N) is 3. The molecule has 148 valence electrons. The third kappa shape index (κ3) is 4.43. The van der Waals surface area contributed by atoms with Gasteiger partial charge in [0, 0.05) is 18.7 Å². The Morgan fingerprint density at radius 3 is 2.90 bits per heavy atom. The maximum absolute atomic E-state index is 12.1. The number of rotatable bonds is 6. The Kier molecular flexibility index (Phi) is 5.53. The van der Waals surface area contributed by atoms with Gasteiger partial charge in [-0.15, -0.1) is 0 Å². The topological polar surface area (TPSA) is 86.7 Å². The van der Waals surface area contributed by atoms with Gasteiger partial charge in [0.15, 0.2) is 5.13 Å². The van der Waals surface area contributed by atoms with Crippen molar-refractivity contribution in [3.8, 4) is 0 Å². The van der Waals surface area contributed by atoms with Gasteiger partial charge in [-0.3, -0.25) is 9.59 Å². The Morgan fingerprint density at radius 2 is 2.10 bits per heavy atom. The number of nitrogens with one attached hydrogen (secondary N) is 2. The van der Waals surface area contributed by atoms with Gasteiger partial charge in [-0.25, -0.2) is 10.4 Å². The smallest absolute Gasteiger partial charge is 0.259 e. The van der Waals surface area contributed by atoms with Crippen LogP contribution in [0.4, 0.5) is 10.8 Å². The van der Waals surface area contributed by atoms with E-state index in [0.717, 1.165) is 34.4 Å². The summed E-state index contributed by atoms with van der Waals surface area (Å²) in [5.41, 5.74) is 5.87. The first-order valence-corrected chi connectivity index (χ1v) is 10.3. The van der Waals surface area contributed by atoms with E-state index in [9.17, 15) is 9.59 Å². The summed E-state index contributed by atoms with van der Waals surface area (Å²) in [6.45, 7) is 2.65. The van der Waals surface area contributed by atoms with Gasteiger partial charge in [-0.1, -0.05) is 35.6 Å². The Bertz CT molecular complexity index is 1060. The maximum atomic E-state index is 12.1. The molecule has 3 aromatic rings. The van der Waals surface area contributed by atoms with Gasteiger partial charge in [0.05, 0.1) is 22.5 Å². The zero-order chi connectivity index (χ0) is 20.2. The molecule has 1 fully saturated rings. The van der Waals surface area contributed by atoms with Crippen LogP contribution in [0.15, 0.2) is 53.6 Å². The van der Waals surface area contributed by atoms with Crippen molar-refractivity contribution in [2.24, 2.45) is 5.10 Å². The molecule has 7 nitrogen and oxygen atoms in total. The van der Waals surface area contributed by atoms with Crippen molar-refractivity contribution >= 4 is 49.9 Å². The molecule has 0 saturated carbocycles. The van der Waals surface area contributed by atoms with Crippen LogP contribution in [-0.4, -0.2) is 35.6 Å². The van der Waals surface area contributed by atoms with Gasteiger partial charge in [-0.05, 0) is 43.2 Å². The quantitative estimate of drug-likeness (QED) is 0.484. The average Bonchev–Trinajstić information content (AvgIpc) is 3.36. The van der Waals surface area contributed by atoms with Crippen molar-refractivity contribution < 1.29 is 9.59 Å². The van der Waals surface area contributed by atoms with Gasteiger partial charge >= 0.3 is 0 Å². The third-order valence-corrected chi connectivity index (χ3v) is 5.69. The summed E-state index contributed by atoms with van der Waals surface area (Å²) in [5.74, 6) is -0.111. The number of hydrogen-bond donors (Lipinski definition) is 2. The first-order valence-electron chi connectivity index (χ1n) is 9.43. The van der Waals surface area contributed by atoms with Crippen LogP contribution >= 0.6 is 11.3 Å². The first-order chi connectivity index (χ1) is 14.1. The highest BCUT2D eigenvalue weighted by Gasteiger charge is 2.21. The number of amides is 2. The number of hydrazone groups is 1. The molecule has 1 saturated heterocycles. The second-order valence-electron chi connectivity index (χ2n) is 6.77. The van der Waals surface area contributed by atoms with E-state index in [1.54, 1.807) is 4.90 Å². The van der Waals surface area contributed by atoms with E-state index in [1.807, 2.05) is 55.5 Å². The fourth-order valence-electron chi connectivity index (χ4n) is 3.17. The molecule has 8 heteroatoms. The number of hydrogen-bond acceptors (Lipinski definition) is 6. The predicted octanol–water partition coefficient (Wildman–Crippen LogP) is 3.38. The van der Waals surface area contributed by atoms with Crippen molar-refractivity contribution in [2.75, 3.05) is 23.3 Å². The molecule has 4 rings (SSSR count). The molecule has 0 aliphatic carbocycles. The van der Waals surface area contributed by atoms with E-state index in [0.29, 0.717) is 17.3 Å². The number of carbonyl (C=O) groups excluding carboxylic acids is 2. The lowest BCUT2D eigenvalue weighted by atomic mass is 10.1. The van der Waals surface area contributed by atoms with Crippen LogP contribution in [0.1, 0.15) is 25.3 Å². The van der Waals surface area contributed by atoms with E-state index in [1.165, 1.54) is 11.3 Å². The van der Waals surface area contributed by atoms with Gasteiger partial charge in [-0.2, -0.15) is 5.10 Å². The standard InChI is InChI=1S/C21H21N5O2S/c1-14(15-6-4-7-16(12-15)26-11-5-10-20(26)28)24-25-19(27)13-22-21-23-17-8-2-3-9-18(17)29-21/h2-4,6-9,12H,5,10-11,13H2,1H3,(H,22,23)(H,25,27)/b24-14-. The molecule has 1 aliphatic rings. The lowest BCUT2D eigenvalue weighted by Crippen LogP contribution is -2.27. The lowest BCUT2D eigenvalue weighted by Gasteiger charge is -2.16. The molecular weight excluding hydrogens is 386 g/mol. The van der Waals surface area contributed by atoms with Crippen LogP contribution < -0.4 is 15.6 Å². The third-order valence-electron chi connectivity index (χ3n) is 4.69. The Hall–Kier alpha value is -3.26. The summed E-state index contributed by atoms with van der Waals surface area (Å²) in [4.78, 5) is 30.3. The molecule has 2 amide bonds. The number of para-hydroxylation sites is 1. The van der Waals surface area contributed by atoms with Crippen LogP contribution in [0.3, 0.4) is 0 Å². The molecule has 2 heterocycles. The van der Waals surface area contributed by atoms with E-state index < -0.39 is 0 Å². The first kappa shape index (κ1) is 19.1. The molecule has 1 aliphatic heterocycles. The van der Waals surface area contributed by atoms with Crippen LogP contribution in [0.25, 0.3) is 10.2 Å². The molecule has 0 unspecified atom stereocenters. The number of benzene rings is 2. The van der Waals surface area contributed by atoms with Crippen molar-refractivity contribution in [1.82, 2.24) is 10.4 Å². The minimum atomic E-state index is -0.255. The van der Waals surface area contributed by atoms with Crippen LogP contribution in [0, 0.1) is 0 Å². The molecule has 2 aromatic carbocycles. The second kappa shape index (κ2) is 8.40. The van der Waals surface area contributed by atoms with Crippen molar-refractivity contribution in [1.29, 1.82) is 0 Å². The fourth-order valence-corrected chi connectivity index (χ4v) is 4.04. The lowest BCUT2D eigenvalue weighted by molar-refractivity contribution is -0.119. The van der Waals surface area contributed by atoms with E-state index in [-0.39, 0.29) is 18.4 Å². The fraction of sp³-hybridized carbons (Fsp3) is 0.238. The number of fused-ring (bicyclic) bond motifs is 1. The highest BCUT2D eigenvalue weighted by Crippen LogP contribution is 2.25. The van der Waals surface area contributed by atoms with Gasteiger partial charge < -0.3 is 10.2 Å². The Balaban J connectivity index is 1.35. The second-order valence-corrected chi connectivity index (χ2v) is 7.80. The van der Waals surface area contributed by atoms with Crippen molar-refractivity contribution in [3.05, 3.63) is 54.1 Å². The van der Waals surface area contributed by atoms with Crippen LogP contribution in [0.5, 0.6) is 0 Å². The monoisotopic (exact) mass is 407 g/mol. The van der Waals surface area contributed by atoms with Crippen molar-refractivity contribution in [3.63, 3.8) is 0 Å². The van der Waals surface area contributed by atoms with Crippen LogP contribution in [0.2, 0.25) is 0 Å². The maximum Gasteiger partial charge on any atom is 0.259 e. The zero-order valence-corrected chi connectivity index (χ0v) is 16.8. The number of anilines is 2. The highest BCUT2D eigenvalue weighted by molar-refractivity contribution is 7.22. The van der Waals surface area contributed by atoms with Gasteiger partial charge in [0.1, 0.15) is 0 Å². The number of carbonyl (C=O) groups is 2.